The van der Waals surface area contributed by atoms with Crippen molar-refractivity contribution in [2.45, 2.75) is 58.1 Å². The largest absolute Gasteiger partial charge is 0.481 e. The summed E-state index contributed by atoms with van der Waals surface area (Å²) in [5.41, 5.74) is 4.03. The Morgan fingerprint density at radius 2 is 1.92 bits per heavy atom. The number of nitrogens with one attached hydrogen (secondary N) is 1. The Morgan fingerprint density at radius 1 is 1.15 bits per heavy atom. The third kappa shape index (κ3) is 4.59. The topological polar surface area (TPSA) is 38.3 Å². The molecule has 0 aliphatic heterocycles. The Bertz CT molecular complexity index is 774. The summed E-state index contributed by atoms with van der Waals surface area (Å²) in [5, 5.41) is 3.69. The van der Waals surface area contributed by atoms with Gasteiger partial charge in [-0.3, -0.25) is 4.79 Å². The van der Waals surface area contributed by atoms with Gasteiger partial charge in [-0.15, -0.1) is 0 Å². The average Bonchev–Trinajstić information content (AvgIpc) is 2.65. The number of ether oxygens (including phenoxy) is 1. The van der Waals surface area contributed by atoms with Crippen molar-refractivity contribution in [2.24, 2.45) is 0 Å². The van der Waals surface area contributed by atoms with Crippen LogP contribution in [0.15, 0.2) is 42.5 Å². The number of amides is 1. The number of aryl methyl sites for hydroxylation is 2. The fourth-order valence-corrected chi connectivity index (χ4v) is 3.62. The lowest BCUT2D eigenvalue weighted by Gasteiger charge is -2.22. The molecule has 3 nitrogen and oxygen atoms in total. The van der Waals surface area contributed by atoms with Crippen molar-refractivity contribution in [1.29, 1.82) is 0 Å². The number of hydrogen-bond acceptors (Lipinski definition) is 2. The van der Waals surface area contributed by atoms with Gasteiger partial charge in [0, 0.05) is 5.02 Å². The molecule has 2 atom stereocenters. The Hall–Kier alpha value is -2.00. The van der Waals surface area contributed by atoms with Gasteiger partial charge in [0.05, 0.1) is 6.04 Å². The molecule has 2 unspecified atom stereocenters. The summed E-state index contributed by atoms with van der Waals surface area (Å²) >= 11 is 5.99. The summed E-state index contributed by atoms with van der Waals surface area (Å²) in [4.78, 5) is 12.7. The summed E-state index contributed by atoms with van der Waals surface area (Å²) in [5.74, 6) is 0.513. The zero-order chi connectivity index (χ0) is 18.5. The van der Waals surface area contributed by atoms with E-state index < -0.39 is 6.10 Å². The number of rotatable bonds is 6. The maximum absolute atomic E-state index is 12.7. The first-order chi connectivity index (χ1) is 12.6. The van der Waals surface area contributed by atoms with Crippen molar-refractivity contribution in [3.05, 3.63) is 64.2 Å². The Labute approximate surface area is 160 Å². The van der Waals surface area contributed by atoms with E-state index in [-0.39, 0.29) is 11.9 Å². The fourth-order valence-electron chi connectivity index (χ4n) is 3.44. The zero-order valence-corrected chi connectivity index (χ0v) is 16.2. The van der Waals surface area contributed by atoms with Crippen LogP contribution in [-0.4, -0.2) is 12.0 Å². The normalized spacial score (nSPS) is 15.7. The molecule has 1 N–H and O–H groups in total. The van der Waals surface area contributed by atoms with Gasteiger partial charge in [0.2, 0.25) is 0 Å². The summed E-state index contributed by atoms with van der Waals surface area (Å²) in [7, 11) is 0. The molecule has 0 aromatic heterocycles. The van der Waals surface area contributed by atoms with Crippen LogP contribution in [0.4, 0.5) is 0 Å². The van der Waals surface area contributed by atoms with Gasteiger partial charge in [0.1, 0.15) is 5.75 Å². The molecular weight excluding hydrogens is 346 g/mol. The van der Waals surface area contributed by atoms with Crippen LogP contribution in [-0.2, 0) is 17.6 Å². The number of carbonyl (C=O) groups excluding carboxylic acids is 1. The van der Waals surface area contributed by atoms with Gasteiger partial charge < -0.3 is 10.1 Å². The van der Waals surface area contributed by atoms with E-state index in [1.54, 1.807) is 12.1 Å². The molecule has 0 saturated heterocycles. The van der Waals surface area contributed by atoms with Crippen molar-refractivity contribution < 1.29 is 9.53 Å². The minimum Gasteiger partial charge on any atom is -0.481 e. The van der Waals surface area contributed by atoms with Gasteiger partial charge in [-0.05, 0) is 73.9 Å². The third-order valence-electron chi connectivity index (χ3n) is 4.97. The van der Waals surface area contributed by atoms with E-state index in [9.17, 15) is 4.79 Å². The number of benzene rings is 2. The molecular formula is C22H26ClNO2. The van der Waals surface area contributed by atoms with E-state index in [0.717, 1.165) is 12.0 Å². The maximum Gasteiger partial charge on any atom is 0.261 e. The van der Waals surface area contributed by atoms with Crippen molar-refractivity contribution in [3.63, 3.8) is 0 Å². The van der Waals surface area contributed by atoms with Crippen LogP contribution in [0.2, 0.25) is 5.02 Å². The predicted molar refractivity (Wildman–Crippen MR) is 106 cm³/mol. The highest BCUT2D eigenvalue weighted by molar-refractivity contribution is 6.30. The molecule has 0 bridgehead atoms. The highest BCUT2D eigenvalue weighted by Gasteiger charge is 2.21. The second-order valence-corrected chi connectivity index (χ2v) is 7.37. The molecule has 2 aromatic rings. The number of halogens is 1. The van der Waals surface area contributed by atoms with Crippen LogP contribution < -0.4 is 10.1 Å². The maximum atomic E-state index is 12.7. The molecule has 1 amide bonds. The number of carbonyl (C=O) groups is 1. The van der Waals surface area contributed by atoms with Gasteiger partial charge >= 0.3 is 0 Å². The molecule has 138 valence electrons. The standard InChI is InChI=1S/C22H26ClNO2/c1-3-21(26-20-10-6-9-19(23)14-20)22(25)24-15(2)17-12-11-16-7-4-5-8-18(16)13-17/h6,9-15,21H,3-5,7-8H2,1-2H3,(H,24,25). The average molecular weight is 372 g/mol. The van der Waals surface area contributed by atoms with E-state index in [4.69, 9.17) is 16.3 Å². The second kappa shape index (κ2) is 8.59. The third-order valence-corrected chi connectivity index (χ3v) is 5.20. The monoisotopic (exact) mass is 371 g/mol. The first kappa shape index (κ1) is 18.8. The van der Waals surface area contributed by atoms with Crippen LogP contribution >= 0.6 is 11.6 Å². The van der Waals surface area contributed by atoms with Gasteiger partial charge in [-0.1, -0.05) is 42.8 Å². The van der Waals surface area contributed by atoms with Crippen LogP contribution in [0.1, 0.15) is 55.8 Å². The first-order valence-electron chi connectivity index (χ1n) is 9.41. The second-order valence-electron chi connectivity index (χ2n) is 6.94. The van der Waals surface area contributed by atoms with Crippen molar-refractivity contribution in [3.8, 4) is 5.75 Å². The molecule has 1 aliphatic carbocycles. The van der Waals surface area contributed by atoms with Gasteiger partial charge in [0.25, 0.3) is 5.91 Å². The zero-order valence-electron chi connectivity index (χ0n) is 15.4. The summed E-state index contributed by atoms with van der Waals surface area (Å²) in [6.07, 6.45) is 4.89. The Balaban J connectivity index is 1.65. The molecule has 0 saturated carbocycles. The van der Waals surface area contributed by atoms with E-state index in [0.29, 0.717) is 17.2 Å². The minimum atomic E-state index is -0.534. The predicted octanol–water partition coefficient (Wildman–Crippen LogP) is 5.25. The van der Waals surface area contributed by atoms with Gasteiger partial charge in [-0.25, -0.2) is 0 Å². The lowest BCUT2D eigenvalue weighted by Crippen LogP contribution is -2.39. The summed E-state index contributed by atoms with van der Waals surface area (Å²) < 4.78 is 5.84. The van der Waals surface area contributed by atoms with Gasteiger partial charge in [0.15, 0.2) is 6.10 Å². The van der Waals surface area contributed by atoms with Crippen molar-refractivity contribution in [1.82, 2.24) is 5.32 Å². The van der Waals surface area contributed by atoms with E-state index >= 15 is 0 Å². The molecule has 1 aliphatic rings. The number of hydrogen-bond donors (Lipinski definition) is 1. The molecule has 26 heavy (non-hydrogen) atoms. The van der Waals surface area contributed by atoms with Crippen molar-refractivity contribution in [2.75, 3.05) is 0 Å². The fraction of sp³-hybridized carbons (Fsp3) is 0.409. The van der Waals surface area contributed by atoms with E-state index in [2.05, 4.69) is 23.5 Å². The SMILES string of the molecule is CCC(Oc1cccc(Cl)c1)C(=O)NC(C)c1ccc2c(c1)CCCC2. The molecule has 0 spiro atoms. The van der Waals surface area contributed by atoms with Crippen LogP contribution in [0.5, 0.6) is 5.75 Å². The van der Waals surface area contributed by atoms with Gasteiger partial charge in [-0.2, -0.15) is 0 Å². The quantitative estimate of drug-likeness (QED) is 0.752. The molecule has 4 heteroatoms. The highest BCUT2D eigenvalue weighted by atomic mass is 35.5. The first-order valence-corrected chi connectivity index (χ1v) is 9.79. The molecule has 2 aromatic carbocycles. The highest BCUT2D eigenvalue weighted by Crippen LogP contribution is 2.25. The van der Waals surface area contributed by atoms with Crippen molar-refractivity contribution >= 4 is 17.5 Å². The van der Waals surface area contributed by atoms with Crippen LogP contribution in [0, 0.1) is 0 Å². The molecule has 3 rings (SSSR count). The molecule has 0 heterocycles. The van der Waals surface area contributed by atoms with E-state index in [1.165, 1.54) is 30.4 Å². The minimum absolute atomic E-state index is 0.0493. The summed E-state index contributed by atoms with van der Waals surface area (Å²) in [6, 6.07) is 13.7. The Kier molecular flexibility index (Phi) is 6.20. The molecule has 0 radical (unpaired) electrons. The lowest BCUT2D eigenvalue weighted by molar-refractivity contribution is -0.128. The summed E-state index contributed by atoms with van der Waals surface area (Å²) in [6.45, 7) is 3.97. The van der Waals surface area contributed by atoms with Crippen LogP contribution in [0.3, 0.4) is 0 Å². The number of fused-ring (bicyclic) bond motifs is 1. The smallest absolute Gasteiger partial charge is 0.261 e. The Morgan fingerprint density at radius 3 is 2.65 bits per heavy atom. The van der Waals surface area contributed by atoms with E-state index in [1.807, 2.05) is 26.0 Å². The molecule has 0 fully saturated rings. The lowest BCUT2D eigenvalue weighted by atomic mass is 9.89. The van der Waals surface area contributed by atoms with Crippen LogP contribution in [0.25, 0.3) is 0 Å².